The quantitative estimate of drug-likeness (QED) is 0.894. The Kier molecular flexibility index (Phi) is 3.48. The molecule has 0 bridgehead atoms. The summed E-state index contributed by atoms with van der Waals surface area (Å²) in [7, 11) is -3.48. The van der Waals surface area contributed by atoms with Gasteiger partial charge in [-0.3, -0.25) is 0 Å². The van der Waals surface area contributed by atoms with Crippen LogP contribution in [0.15, 0.2) is 21.0 Å². The van der Waals surface area contributed by atoms with Crippen LogP contribution in [0.1, 0.15) is 10.7 Å². The smallest absolute Gasteiger partial charge is 0.250 e. The van der Waals surface area contributed by atoms with Crippen LogP contribution >= 0.6 is 22.7 Å². The van der Waals surface area contributed by atoms with E-state index in [1.54, 1.807) is 5.38 Å². The molecule has 0 radical (unpaired) electrons. The molecular formula is C9H11N3O2S3. The molecule has 2 aromatic heterocycles. The zero-order valence-electron chi connectivity index (χ0n) is 9.00. The second-order valence-electron chi connectivity index (χ2n) is 3.38. The monoisotopic (exact) mass is 289 g/mol. The Bertz CT molecular complexity index is 615. The number of nitrogens with zero attached hydrogens (tertiary/aromatic N) is 1. The second-order valence-corrected chi connectivity index (χ2v) is 7.35. The third-order valence-electron chi connectivity index (χ3n) is 1.97. The van der Waals surface area contributed by atoms with Crippen LogP contribution in [0.3, 0.4) is 0 Å². The lowest BCUT2D eigenvalue weighted by Crippen LogP contribution is -2.22. The normalized spacial score (nSPS) is 11.8. The van der Waals surface area contributed by atoms with E-state index in [9.17, 15) is 8.42 Å². The van der Waals surface area contributed by atoms with Gasteiger partial charge in [0.05, 0.1) is 17.2 Å². The number of hydrogen-bond donors (Lipinski definition) is 2. The van der Waals surface area contributed by atoms with Gasteiger partial charge in [0.1, 0.15) is 4.21 Å². The van der Waals surface area contributed by atoms with Crippen molar-refractivity contribution in [3.05, 3.63) is 27.5 Å². The fraction of sp³-hybridized carbons (Fsp3) is 0.222. The molecule has 0 atom stereocenters. The summed E-state index contributed by atoms with van der Waals surface area (Å²) in [6.45, 7) is 2.08. The first kappa shape index (κ1) is 12.5. The second kappa shape index (κ2) is 4.73. The minimum absolute atomic E-state index is 0.199. The van der Waals surface area contributed by atoms with E-state index in [4.69, 9.17) is 5.73 Å². The summed E-state index contributed by atoms with van der Waals surface area (Å²) >= 11 is 2.60. The van der Waals surface area contributed by atoms with E-state index in [1.807, 2.05) is 12.3 Å². The zero-order chi connectivity index (χ0) is 12.5. The molecule has 3 N–H and O–H groups in total. The van der Waals surface area contributed by atoms with Crippen LogP contribution in [0.25, 0.3) is 0 Å². The maximum atomic E-state index is 11.8. The number of sulfonamides is 1. The van der Waals surface area contributed by atoms with Crippen molar-refractivity contribution in [2.45, 2.75) is 17.7 Å². The third-order valence-corrected chi connectivity index (χ3v) is 5.65. The lowest BCUT2D eigenvalue weighted by atomic mass is 10.5. The van der Waals surface area contributed by atoms with Crippen LogP contribution in [0.4, 0.5) is 5.69 Å². The van der Waals surface area contributed by atoms with Gasteiger partial charge in [-0.15, -0.1) is 22.7 Å². The first-order valence-electron chi connectivity index (χ1n) is 4.72. The fourth-order valence-corrected chi connectivity index (χ4v) is 3.94. The molecule has 17 heavy (non-hydrogen) atoms. The van der Waals surface area contributed by atoms with Gasteiger partial charge >= 0.3 is 0 Å². The fourth-order valence-electron chi connectivity index (χ4n) is 1.20. The number of aryl methyl sites for hydroxylation is 1. The lowest BCUT2D eigenvalue weighted by molar-refractivity contribution is 0.582. The highest BCUT2D eigenvalue weighted by atomic mass is 32.2. The molecule has 0 saturated heterocycles. The third kappa shape index (κ3) is 3.03. The number of thiazole rings is 1. The van der Waals surface area contributed by atoms with Crippen molar-refractivity contribution >= 4 is 38.4 Å². The molecule has 92 valence electrons. The highest BCUT2D eigenvalue weighted by Crippen LogP contribution is 2.21. The Balaban J connectivity index is 2.08. The van der Waals surface area contributed by atoms with Crippen molar-refractivity contribution in [3.63, 3.8) is 0 Å². The van der Waals surface area contributed by atoms with Gasteiger partial charge in [-0.1, -0.05) is 0 Å². The average Bonchev–Trinajstić information content (AvgIpc) is 2.85. The molecular weight excluding hydrogens is 278 g/mol. The van der Waals surface area contributed by atoms with Gasteiger partial charge in [0.15, 0.2) is 0 Å². The minimum Gasteiger partial charge on any atom is -0.398 e. The van der Waals surface area contributed by atoms with E-state index in [0.29, 0.717) is 5.69 Å². The van der Waals surface area contributed by atoms with Crippen LogP contribution in [-0.4, -0.2) is 13.4 Å². The molecule has 0 spiro atoms. The standard InChI is InChI=1S/C9H11N3O2S3/c1-6-12-8(5-15-6)3-11-17(13,14)9-2-7(10)4-16-9/h2,4-5,11H,3,10H2,1H3. The topological polar surface area (TPSA) is 85.1 Å². The number of aromatic nitrogens is 1. The predicted octanol–water partition coefficient (Wildman–Crippen LogP) is 1.57. The number of hydrogen-bond acceptors (Lipinski definition) is 6. The van der Waals surface area contributed by atoms with Crippen LogP contribution in [-0.2, 0) is 16.6 Å². The van der Waals surface area contributed by atoms with Gasteiger partial charge in [-0.2, -0.15) is 0 Å². The largest absolute Gasteiger partial charge is 0.398 e. The summed E-state index contributed by atoms with van der Waals surface area (Å²) in [5.41, 5.74) is 6.67. The van der Waals surface area contributed by atoms with E-state index in [1.165, 1.54) is 17.4 Å². The molecule has 0 aliphatic heterocycles. The highest BCUT2D eigenvalue weighted by molar-refractivity contribution is 7.91. The summed E-state index contributed by atoms with van der Waals surface area (Å²) in [6.07, 6.45) is 0. The summed E-state index contributed by atoms with van der Waals surface area (Å²) in [4.78, 5) is 4.18. The Morgan fingerprint density at radius 3 is 2.71 bits per heavy atom. The molecule has 2 aromatic rings. The Hall–Kier alpha value is -0.960. The molecule has 0 aromatic carbocycles. The van der Waals surface area contributed by atoms with Crippen molar-refractivity contribution in [3.8, 4) is 0 Å². The zero-order valence-corrected chi connectivity index (χ0v) is 11.5. The van der Waals surface area contributed by atoms with E-state index in [2.05, 4.69) is 9.71 Å². The van der Waals surface area contributed by atoms with Crippen LogP contribution in [0.5, 0.6) is 0 Å². The number of nitrogens with one attached hydrogen (secondary N) is 1. The molecule has 0 aliphatic carbocycles. The van der Waals surface area contributed by atoms with Crippen molar-refractivity contribution in [2.24, 2.45) is 0 Å². The molecule has 0 saturated carbocycles. The van der Waals surface area contributed by atoms with Gasteiger partial charge in [0.2, 0.25) is 10.0 Å². The van der Waals surface area contributed by atoms with E-state index >= 15 is 0 Å². The predicted molar refractivity (Wildman–Crippen MR) is 69.6 cm³/mol. The lowest BCUT2D eigenvalue weighted by Gasteiger charge is -2.01. The maximum Gasteiger partial charge on any atom is 0.250 e. The molecule has 0 amide bonds. The number of nitrogens with two attached hydrogens (primary N) is 1. The van der Waals surface area contributed by atoms with Crippen LogP contribution < -0.4 is 10.5 Å². The summed E-state index contributed by atoms with van der Waals surface area (Å²) in [5, 5.41) is 4.35. The number of thiophene rings is 1. The van der Waals surface area contributed by atoms with Crippen molar-refractivity contribution < 1.29 is 8.42 Å². The number of nitrogen functional groups attached to an aromatic ring is 1. The van der Waals surface area contributed by atoms with Crippen LogP contribution in [0, 0.1) is 6.92 Å². The summed E-state index contributed by atoms with van der Waals surface area (Å²) in [6, 6.07) is 1.44. The van der Waals surface area contributed by atoms with Gasteiger partial charge < -0.3 is 5.73 Å². The number of anilines is 1. The number of rotatable bonds is 4. The van der Waals surface area contributed by atoms with Gasteiger partial charge in [0, 0.05) is 16.4 Å². The van der Waals surface area contributed by atoms with Crippen molar-refractivity contribution in [2.75, 3.05) is 5.73 Å². The Morgan fingerprint density at radius 2 is 2.18 bits per heavy atom. The maximum absolute atomic E-state index is 11.8. The molecule has 8 heteroatoms. The SMILES string of the molecule is Cc1nc(CNS(=O)(=O)c2cc(N)cs2)cs1. The molecule has 0 aliphatic rings. The van der Waals surface area contributed by atoms with Gasteiger partial charge in [0.25, 0.3) is 0 Å². The summed E-state index contributed by atoms with van der Waals surface area (Å²) < 4.78 is 26.4. The van der Waals surface area contributed by atoms with E-state index < -0.39 is 10.0 Å². The Morgan fingerprint density at radius 1 is 1.41 bits per heavy atom. The molecule has 2 rings (SSSR count). The van der Waals surface area contributed by atoms with E-state index in [0.717, 1.165) is 22.0 Å². The first-order chi connectivity index (χ1) is 7.97. The minimum atomic E-state index is -3.48. The average molecular weight is 289 g/mol. The highest BCUT2D eigenvalue weighted by Gasteiger charge is 2.16. The first-order valence-corrected chi connectivity index (χ1v) is 7.96. The molecule has 5 nitrogen and oxygen atoms in total. The molecule has 0 fully saturated rings. The van der Waals surface area contributed by atoms with Crippen molar-refractivity contribution in [1.29, 1.82) is 0 Å². The van der Waals surface area contributed by atoms with E-state index in [-0.39, 0.29) is 10.8 Å². The Labute approximate surface area is 107 Å². The molecule has 0 unspecified atom stereocenters. The molecule has 2 heterocycles. The van der Waals surface area contributed by atoms with Gasteiger partial charge in [-0.05, 0) is 13.0 Å². The van der Waals surface area contributed by atoms with Crippen molar-refractivity contribution in [1.82, 2.24) is 9.71 Å². The summed E-state index contributed by atoms with van der Waals surface area (Å²) in [5.74, 6) is 0. The van der Waals surface area contributed by atoms with Gasteiger partial charge in [-0.25, -0.2) is 18.1 Å². The van der Waals surface area contributed by atoms with Crippen LogP contribution in [0.2, 0.25) is 0 Å².